The molecule has 2 heterocycles. The molecule has 2 N–H and O–H groups in total. The SMILES string of the molecule is CC1COC(CO)CN1C(=O)c1ccc2c(c1)CCN2. The van der Waals surface area contributed by atoms with E-state index in [0.717, 1.165) is 24.2 Å². The van der Waals surface area contributed by atoms with Gasteiger partial charge in [-0.25, -0.2) is 0 Å². The smallest absolute Gasteiger partial charge is 0.254 e. The van der Waals surface area contributed by atoms with Crippen LogP contribution in [-0.2, 0) is 11.2 Å². The van der Waals surface area contributed by atoms with Crippen LogP contribution in [0.15, 0.2) is 18.2 Å². The predicted molar refractivity (Wildman–Crippen MR) is 76.0 cm³/mol. The van der Waals surface area contributed by atoms with Crippen LogP contribution in [0.2, 0.25) is 0 Å². The average Bonchev–Trinajstić information content (AvgIpc) is 2.94. The largest absolute Gasteiger partial charge is 0.394 e. The fourth-order valence-electron chi connectivity index (χ4n) is 2.81. The third-order valence-corrected chi connectivity index (χ3v) is 4.03. The van der Waals surface area contributed by atoms with Gasteiger partial charge >= 0.3 is 0 Å². The number of rotatable bonds is 2. The van der Waals surface area contributed by atoms with Crippen molar-refractivity contribution in [3.8, 4) is 0 Å². The second-order valence-corrected chi connectivity index (χ2v) is 5.49. The highest BCUT2D eigenvalue weighted by molar-refractivity contribution is 5.95. The van der Waals surface area contributed by atoms with E-state index in [1.807, 2.05) is 25.1 Å². The molecule has 108 valence electrons. The first-order valence-electron chi connectivity index (χ1n) is 7.09. The molecule has 0 saturated carbocycles. The highest BCUT2D eigenvalue weighted by Crippen LogP contribution is 2.24. The van der Waals surface area contributed by atoms with Crippen molar-refractivity contribution in [3.05, 3.63) is 29.3 Å². The van der Waals surface area contributed by atoms with Gasteiger partial charge in [-0.15, -0.1) is 0 Å². The van der Waals surface area contributed by atoms with Gasteiger partial charge in [0, 0.05) is 24.3 Å². The standard InChI is InChI=1S/C15H20N2O3/c1-10-9-20-13(8-18)7-17(10)15(19)12-2-3-14-11(6-12)4-5-16-14/h2-3,6,10,13,16,18H,4-5,7-9H2,1H3. The fourth-order valence-corrected chi connectivity index (χ4v) is 2.81. The van der Waals surface area contributed by atoms with Crippen molar-refractivity contribution in [1.29, 1.82) is 0 Å². The quantitative estimate of drug-likeness (QED) is 0.841. The topological polar surface area (TPSA) is 61.8 Å². The van der Waals surface area contributed by atoms with Gasteiger partial charge in [0.2, 0.25) is 0 Å². The third-order valence-electron chi connectivity index (χ3n) is 4.03. The Bertz CT molecular complexity index is 518. The average molecular weight is 276 g/mol. The molecule has 0 spiro atoms. The molecule has 0 aliphatic carbocycles. The lowest BCUT2D eigenvalue weighted by atomic mass is 10.1. The summed E-state index contributed by atoms with van der Waals surface area (Å²) < 4.78 is 5.48. The molecule has 5 nitrogen and oxygen atoms in total. The van der Waals surface area contributed by atoms with Crippen molar-refractivity contribution in [3.63, 3.8) is 0 Å². The van der Waals surface area contributed by atoms with Crippen molar-refractivity contribution in [1.82, 2.24) is 4.90 Å². The van der Waals surface area contributed by atoms with Crippen LogP contribution in [0.4, 0.5) is 5.69 Å². The normalized spacial score (nSPS) is 25.2. The molecule has 2 atom stereocenters. The minimum Gasteiger partial charge on any atom is -0.394 e. The Labute approximate surface area is 118 Å². The summed E-state index contributed by atoms with van der Waals surface area (Å²) in [6.07, 6.45) is 0.695. The number of fused-ring (bicyclic) bond motifs is 1. The van der Waals surface area contributed by atoms with Crippen LogP contribution in [0.5, 0.6) is 0 Å². The highest BCUT2D eigenvalue weighted by Gasteiger charge is 2.30. The minimum atomic E-state index is -0.272. The number of anilines is 1. The number of amides is 1. The number of aliphatic hydroxyl groups excluding tert-OH is 1. The summed E-state index contributed by atoms with van der Waals surface area (Å²) in [5, 5.41) is 12.5. The summed E-state index contributed by atoms with van der Waals surface area (Å²) in [4.78, 5) is 14.4. The third kappa shape index (κ3) is 2.39. The molecule has 1 aromatic rings. The Morgan fingerprint density at radius 2 is 2.40 bits per heavy atom. The molecule has 1 fully saturated rings. The molecule has 2 unspecified atom stereocenters. The van der Waals surface area contributed by atoms with Crippen molar-refractivity contribution < 1.29 is 14.6 Å². The first-order valence-corrected chi connectivity index (χ1v) is 7.09. The minimum absolute atomic E-state index is 0.0222. The summed E-state index contributed by atoms with van der Waals surface area (Å²) in [6, 6.07) is 5.87. The number of hydrogen-bond donors (Lipinski definition) is 2. The van der Waals surface area contributed by atoms with E-state index in [2.05, 4.69) is 5.32 Å². The number of aliphatic hydroxyl groups is 1. The van der Waals surface area contributed by atoms with E-state index in [1.165, 1.54) is 5.56 Å². The lowest BCUT2D eigenvalue weighted by molar-refractivity contribution is -0.0667. The number of carbonyl (C=O) groups excluding carboxylic acids is 1. The van der Waals surface area contributed by atoms with Crippen LogP contribution in [0, 0.1) is 0 Å². The maximum absolute atomic E-state index is 12.6. The van der Waals surface area contributed by atoms with Gasteiger partial charge in [0.1, 0.15) is 0 Å². The second-order valence-electron chi connectivity index (χ2n) is 5.49. The van der Waals surface area contributed by atoms with Crippen molar-refractivity contribution >= 4 is 11.6 Å². The molecule has 1 aromatic carbocycles. The number of hydrogen-bond acceptors (Lipinski definition) is 4. The Balaban J connectivity index is 1.80. The fraction of sp³-hybridized carbons (Fsp3) is 0.533. The zero-order valence-corrected chi connectivity index (χ0v) is 11.6. The Hall–Kier alpha value is -1.59. The van der Waals surface area contributed by atoms with E-state index in [0.29, 0.717) is 13.2 Å². The molecule has 5 heteroatoms. The monoisotopic (exact) mass is 276 g/mol. The molecule has 0 bridgehead atoms. The van der Waals surface area contributed by atoms with Gasteiger partial charge in [0.25, 0.3) is 5.91 Å². The second kappa shape index (κ2) is 5.42. The maximum Gasteiger partial charge on any atom is 0.254 e. The first kappa shape index (κ1) is 13.4. The van der Waals surface area contributed by atoms with E-state index < -0.39 is 0 Å². The van der Waals surface area contributed by atoms with Gasteiger partial charge in [-0.1, -0.05) is 0 Å². The van der Waals surface area contributed by atoms with Crippen molar-refractivity contribution in [2.45, 2.75) is 25.5 Å². The molecule has 0 radical (unpaired) electrons. The molecule has 1 saturated heterocycles. The first-order chi connectivity index (χ1) is 9.69. The molecule has 3 rings (SSSR count). The highest BCUT2D eigenvalue weighted by atomic mass is 16.5. The van der Waals surface area contributed by atoms with E-state index >= 15 is 0 Å². The lowest BCUT2D eigenvalue weighted by Crippen LogP contribution is -2.52. The Kier molecular flexibility index (Phi) is 3.63. The van der Waals surface area contributed by atoms with Crippen LogP contribution < -0.4 is 5.32 Å². The van der Waals surface area contributed by atoms with Gasteiger partial charge in [-0.05, 0) is 37.1 Å². The molecule has 0 aromatic heterocycles. The number of ether oxygens (including phenoxy) is 1. The van der Waals surface area contributed by atoms with Crippen LogP contribution in [0.25, 0.3) is 0 Å². The van der Waals surface area contributed by atoms with E-state index in [-0.39, 0.29) is 24.7 Å². The molecular formula is C15H20N2O3. The van der Waals surface area contributed by atoms with Gasteiger partial charge in [0.15, 0.2) is 0 Å². The molecular weight excluding hydrogens is 256 g/mol. The van der Waals surface area contributed by atoms with Gasteiger partial charge in [0.05, 0.1) is 25.4 Å². The molecule has 2 aliphatic rings. The predicted octanol–water partition coefficient (Wildman–Crippen LogP) is 0.876. The van der Waals surface area contributed by atoms with Crippen molar-refractivity contribution in [2.24, 2.45) is 0 Å². The van der Waals surface area contributed by atoms with Crippen LogP contribution in [0.3, 0.4) is 0 Å². The summed E-state index contributed by atoms with van der Waals surface area (Å²) in [6.45, 7) is 3.79. The van der Waals surface area contributed by atoms with Crippen molar-refractivity contribution in [2.75, 3.05) is 31.6 Å². The van der Waals surface area contributed by atoms with E-state index in [4.69, 9.17) is 4.74 Å². The summed E-state index contributed by atoms with van der Waals surface area (Å²) in [7, 11) is 0. The maximum atomic E-state index is 12.6. The zero-order chi connectivity index (χ0) is 14.1. The number of benzene rings is 1. The summed E-state index contributed by atoms with van der Waals surface area (Å²) in [5.74, 6) is 0.0222. The van der Waals surface area contributed by atoms with Gasteiger partial charge in [-0.2, -0.15) is 0 Å². The van der Waals surface area contributed by atoms with E-state index in [9.17, 15) is 9.90 Å². The number of carbonyl (C=O) groups is 1. The Morgan fingerprint density at radius 1 is 1.55 bits per heavy atom. The number of morpholine rings is 1. The van der Waals surface area contributed by atoms with E-state index in [1.54, 1.807) is 4.90 Å². The molecule has 2 aliphatic heterocycles. The van der Waals surface area contributed by atoms with Crippen LogP contribution in [0.1, 0.15) is 22.8 Å². The molecule has 1 amide bonds. The molecule has 20 heavy (non-hydrogen) atoms. The number of nitrogens with one attached hydrogen (secondary N) is 1. The Morgan fingerprint density at radius 3 is 3.20 bits per heavy atom. The summed E-state index contributed by atoms with van der Waals surface area (Å²) in [5.41, 5.74) is 3.05. The van der Waals surface area contributed by atoms with Gasteiger partial charge in [-0.3, -0.25) is 4.79 Å². The zero-order valence-electron chi connectivity index (χ0n) is 11.6. The lowest BCUT2D eigenvalue weighted by Gasteiger charge is -2.37. The van der Waals surface area contributed by atoms with Gasteiger partial charge < -0.3 is 20.1 Å². The van der Waals surface area contributed by atoms with Crippen LogP contribution in [-0.4, -0.2) is 54.4 Å². The number of nitrogens with zero attached hydrogens (tertiary/aromatic N) is 1. The van der Waals surface area contributed by atoms with Crippen LogP contribution >= 0.6 is 0 Å². The summed E-state index contributed by atoms with van der Waals surface area (Å²) >= 11 is 0.